The highest BCUT2D eigenvalue weighted by Crippen LogP contribution is 2.18. The molecule has 1 rings (SSSR count). The van der Waals surface area contributed by atoms with Gasteiger partial charge in [-0.05, 0) is 36.9 Å². The largest absolute Gasteiger partial charge is 0.354 e. The van der Waals surface area contributed by atoms with Crippen LogP contribution in [-0.2, 0) is 11.3 Å². The van der Waals surface area contributed by atoms with E-state index in [2.05, 4.69) is 50.6 Å². The molecular formula is C17H31N3O. The zero-order chi connectivity index (χ0) is 15.7. The molecule has 0 aliphatic rings. The van der Waals surface area contributed by atoms with Crippen molar-refractivity contribution >= 4 is 5.91 Å². The fourth-order valence-electron chi connectivity index (χ4n) is 2.30. The Hall–Kier alpha value is -1.29. The van der Waals surface area contributed by atoms with Gasteiger partial charge in [-0.25, -0.2) is 0 Å². The van der Waals surface area contributed by atoms with Crippen LogP contribution in [-0.4, -0.2) is 23.6 Å². The predicted octanol–water partition coefficient (Wildman–Crippen LogP) is 3.10. The van der Waals surface area contributed by atoms with Crippen LogP contribution in [0.1, 0.15) is 58.6 Å². The maximum absolute atomic E-state index is 11.8. The van der Waals surface area contributed by atoms with Crippen molar-refractivity contribution < 1.29 is 4.79 Å². The number of carbonyl (C=O) groups excluding carboxylic acids is 1. The summed E-state index contributed by atoms with van der Waals surface area (Å²) in [5, 5.41) is 6.53. The van der Waals surface area contributed by atoms with E-state index in [1.54, 1.807) is 0 Å². The number of hydrogen-bond donors (Lipinski definition) is 2. The van der Waals surface area contributed by atoms with Crippen molar-refractivity contribution in [1.82, 2.24) is 15.2 Å². The van der Waals surface area contributed by atoms with Gasteiger partial charge in [0.15, 0.2) is 0 Å². The summed E-state index contributed by atoms with van der Waals surface area (Å²) in [6.45, 7) is 10.8. The van der Waals surface area contributed by atoms with Gasteiger partial charge < -0.3 is 15.2 Å². The Kier molecular flexibility index (Phi) is 8.13. The molecule has 21 heavy (non-hydrogen) atoms. The van der Waals surface area contributed by atoms with Crippen LogP contribution >= 0.6 is 0 Å². The Morgan fingerprint density at radius 1 is 1.29 bits per heavy atom. The van der Waals surface area contributed by atoms with Crippen LogP contribution < -0.4 is 10.6 Å². The smallest absolute Gasteiger partial charge is 0.239 e. The van der Waals surface area contributed by atoms with Crippen LogP contribution in [0.25, 0.3) is 0 Å². The van der Waals surface area contributed by atoms with Crippen LogP contribution in [0.2, 0.25) is 0 Å². The van der Waals surface area contributed by atoms with E-state index in [9.17, 15) is 4.79 Å². The summed E-state index contributed by atoms with van der Waals surface area (Å²) in [7, 11) is 0. The molecule has 0 spiro atoms. The first kappa shape index (κ1) is 17.8. The molecule has 0 aliphatic carbocycles. The summed E-state index contributed by atoms with van der Waals surface area (Å²) >= 11 is 0. The normalized spacial score (nSPS) is 12.6. The second-order valence-corrected chi connectivity index (χ2v) is 6.11. The molecule has 0 saturated heterocycles. The van der Waals surface area contributed by atoms with Gasteiger partial charge in [-0.2, -0.15) is 0 Å². The molecule has 0 aliphatic heterocycles. The van der Waals surface area contributed by atoms with E-state index >= 15 is 0 Å². The molecule has 1 amide bonds. The number of rotatable bonds is 10. The van der Waals surface area contributed by atoms with Crippen molar-refractivity contribution in [2.45, 2.75) is 59.5 Å². The van der Waals surface area contributed by atoms with E-state index in [4.69, 9.17) is 0 Å². The molecular weight excluding hydrogens is 262 g/mol. The van der Waals surface area contributed by atoms with Gasteiger partial charge in [0.05, 0.1) is 0 Å². The van der Waals surface area contributed by atoms with E-state index in [0.717, 1.165) is 32.4 Å². The average molecular weight is 293 g/mol. The SMILES string of the molecule is CCCNC(CCC)c1ccn(CC(=O)NCC(C)C)c1. The van der Waals surface area contributed by atoms with Crippen molar-refractivity contribution in [2.24, 2.45) is 5.92 Å². The number of nitrogens with one attached hydrogen (secondary N) is 2. The molecule has 1 aromatic rings. The third-order valence-corrected chi connectivity index (χ3v) is 3.43. The maximum Gasteiger partial charge on any atom is 0.239 e. The summed E-state index contributed by atoms with van der Waals surface area (Å²) in [6.07, 6.45) is 7.52. The highest BCUT2D eigenvalue weighted by atomic mass is 16.1. The minimum atomic E-state index is 0.0828. The van der Waals surface area contributed by atoms with Crippen molar-refractivity contribution in [3.8, 4) is 0 Å². The Bertz CT molecular complexity index is 412. The molecule has 4 nitrogen and oxygen atoms in total. The van der Waals surface area contributed by atoms with Gasteiger partial charge in [0, 0.05) is 25.0 Å². The Morgan fingerprint density at radius 2 is 2.05 bits per heavy atom. The zero-order valence-electron chi connectivity index (χ0n) is 14.0. The summed E-state index contributed by atoms with van der Waals surface area (Å²) < 4.78 is 1.97. The fraction of sp³-hybridized carbons (Fsp3) is 0.706. The standard InChI is InChI=1S/C17H31N3O/c1-5-7-16(18-9-6-2)15-8-10-20(12-15)13-17(21)19-11-14(3)4/h8,10,12,14,16,18H,5-7,9,11,13H2,1-4H3,(H,19,21). The molecule has 1 heterocycles. The van der Waals surface area contributed by atoms with Gasteiger partial charge >= 0.3 is 0 Å². The fourth-order valence-corrected chi connectivity index (χ4v) is 2.30. The molecule has 0 aromatic carbocycles. The lowest BCUT2D eigenvalue weighted by Gasteiger charge is -2.16. The summed E-state index contributed by atoms with van der Waals surface area (Å²) in [4.78, 5) is 11.8. The van der Waals surface area contributed by atoms with Crippen LogP contribution in [0.5, 0.6) is 0 Å². The van der Waals surface area contributed by atoms with Gasteiger partial charge in [-0.1, -0.05) is 34.1 Å². The Balaban J connectivity index is 2.55. The first-order chi connectivity index (χ1) is 10.1. The van der Waals surface area contributed by atoms with Crippen molar-refractivity contribution in [1.29, 1.82) is 0 Å². The molecule has 1 aromatic heterocycles. The quantitative estimate of drug-likeness (QED) is 0.696. The van der Waals surface area contributed by atoms with Crippen molar-refractivity contribution in [2.75, 3.05) is 13.1 Å². The molecule has 0 fully saturated rings. The lowest BCUT2D eigenvalue weighted by molar-refractivity contribution is -0.121. The van der Waals surface area contributed by atoms with Gasteiger partial charge in [0.25, 0.3) is 0 Å². The topological polar surface area (TPSA) is 46.1 Å². The van der Waals surface area contributed by atoms with Gasteiger partial charge in [0.2, 0.25) is 5.91 Å². The van der Waals surface area contributed by atoms with Gasteiger partial charge in [-0.15, -0.1) is 0 Å². The monoisotopic (exact) mass is 293 g/mol. The van der Waals surface area contributed by atoms with Crippen LogP contribution in [0, 0.1) is 5.92 Å². The van der Waals surface area contributed by atoms with Gasteiger partial charge in [-0.3, -0.25) is 4.79 Å². The van der Waals surface area contributed by atoms with Crippen LogP contribution in [0.4, 0.5) is 0 Å². The second-order valence-electron chi connectivity index (χ2n) is 6.11. The molecule has 1 unspecified atom stereocenters. The molecule has 1 atom stereocenters. The zero-order valence-corrected chi connectivity index (χ0v) is 14.0. The lowest BCUT2D eigenvalue weighted by atomic mass is 10.1. The molecule has 120 valence electrons. The molecule has 4 heteroatoms. The Labute approximate surface area is 129 Å². The summed E-state index contributed by atoms with van der Waals surface area (Å²) in [5.74, 6) is 0.570. The number of amides is 1. The highest BCUT2D eigenvalue weighted by Gasteiger charge is 2.12. The third-order valence-electron chi connectivity index (χ3n) is 3.43. The van der Waals surface area contributed by atoms with Crippen molar-refractivity contribution in [3.63, 3.8) is 0 Å². The molecule has 0 radical (unpaired) electrons. The van der Waals surface area contributed by atoms with E-state index in [-0.39, 0.29) is 5.91 Å². The average Bonchev–Trinajstić information content (AvgIpc) is 2.89. The Morgan fingerprint density at radius 3 is 2.67 bits per heavy atom. The van der Waals surface area contributed by atoms with Gasteiger partial charge in [0.1, 0.15) is 6.54 Å². The summed E-state index contributed by atoms with van der Waals surface area (Å²) in [6, 6.07) is 2.52. The molecule has 0 bridgehead atoms. The third kappa shape index (κ3) is 6.80. The summed E-state index contributed by atoms with van der Waals surface area (Å²) in [5.41, 5.74) is 1.28. The molecule has 0 saturated carbocycles. The number of nitrogens with zero attached hydrogens (tertiary/aromatic N) is 1. The maximum atomic E-state index is 11.8. The van der Waals surface area contributed by atoms with E-state index in [0.29, 0.717) is 18.5 Å². The van der Waals surface area contributed by atoms with Crippen LogP contribution in [0.3, 0.4) is 0 Å². The predicted molar refractivity (Wildman–Crippen MR) is 88.2 cm³/mol. The minimum absolute atomic E-state index is 0.0828. The number of hydrogen-bond acceptors (Lipinski definition) is 2. The lowest BCUT2D eigenvalue weighted by Crippen LogP contribution is -2.30. The number of aromatic nitrogens is 1. The molecule has 2 N–H and O–H groups in total. The van der Waals surface area contributed by atoms with E-state index in [1.165, 1.54) is 5.56 Å². The second kappa shape index (κ2) is 9.61. The van der Waals surface area contributed by atoms with E-state index in [1.807, 2.05) is 10.8 Å². The first-order valence-corrected chi connectivity index (χ1v) is 8.22. The van der Waals surface area contributed by atoms with Crippen LogP contribution in [0.15, 0.2) is 18.5 Å². The van der Waals surface area contributed by atoms with E-state index < -0.39 is 0 Å². The highest BCUT2D eigenvalue weighted by molar-refractivity contribution is 5.75. The first-order valence-electron chi connectivity index (χ1n) is 8.22. The van der Waals surface area contributed by atoms with Crippen molar-refractivity contribution in [3.05, 3.63) is 24.0 Å². The minimum Gasteiger partial charge on any atom is -0.354 e. The number of carbonyl (C=O) groups is 1.